The Hall–Kier alpha value is -3.71. The van der Waals surface area contributed by atoms with E-state index >= 15 is 0 Å². The lowest BCUT2D eigenvalue weighted by molar-refractivity contribution is -0.150. The first-order valence-electron chi connectivity index (χ1n) is 12.9. The summed E-state index contributed by atoms with van der Waals surface area (Å²) in [6.45, 7) is -0.0753. The summed E-state index contributed by atoms with van der Waals surface area (Å²) < 4.78 is 5.48. The summed E-state index contributed by atoms with van der Waals surface area (Å²) in [6.07, 6.45) is 9.78. The number of allylic oxidation sites excluding steroid dienone is 4. The van der Waals surface area contributed by atoms with E-state index in [4.69, 9.17) is 4.74 Å². The van der Waals surface area contributed by atoms with Crippen LogP contribution in [0.25, 0.3) is 0 Å². The van der Waals surface area contributed by atoms with Gasteiger partial charge < -0.3 is 14.7 Å². The fourth-order valence-electron chi connectivity index (χ4n) is 4.96. The number of aliphatic carboxylic acids is 1. The van der Waals surface area contributed by atoms with Crippen LogP contribution in [-0.4, -0.2) is 46.5 Å². The van der Waals surface area contributed by atoms with Gasteiger partial charge in [-0.25, -0.2) is 0 Å². The van der Waals surface area contributed by atoms with Crippen molar-refractivity contribution in [3.05, 3.63) is 95.7 Å². The number of nitrogens with one attached hydrogen (secondary N) is 1. The van der Waals surface area contributed by atoms with Crippen molar-refractivity contribution in [3.63, 3.8) is 0 Å². The summed E-state index contributed by atoms with van der Waals surface area (Å²) in [6, 6.07) is 17.5. The van der Waals surface area contributed by atoms with Crippen LogP contribution in [0, 0.1) is 5.92 Å². The van der Waals surface area contributed by atoms with Gasteiger partial charge in [-0.3, -0.25) is 19.7 Å². The van der Waals surface area contributed by atoms with E-state index in [0.29, 0.717) is 19.3 Å². The van der Waals surface area contributed by atoms with Gasteiger partial charge >= 0.3 is 11.9 Å². The van der Waals surface area contributed by atoms with E-state index in [1.807, 2.05) is 72.8 Å². The van der Waals surface area contributed by atoms with Crippen LogP contribution in [0.3, 0.4) is 0 Å². The van der Waals surface area contributed by atoms with E-state index in [0.717, 1.165) is 36.1 Å². The Kier molecular flexibility index (Phi) is 9.27. The summed E-state index contributed by atoms with van der Waals surface area (Å²) in [5.41, 5.74) is 2.71. The zero-order valence-corrected chi connectivity index (χ0v) is 20.9. The third-order valence-corrected chi connectivity index (χ3v) is 6.96. The van der Waals surface area contributed by atoms with Crippen LogP contribution < -0.4 is 5.32 Å². The molecule has 0 saturated carbocycles. The molecule has 2 N–H and O–H groups in total. The zero-order chi connectivity index (χ0) is 26.0. The van der Waals surface area contributed by atoms with Gasteiger partial charge in [-0.2, -0.15) is 0 Å². The van der Waals surface area contributed by atoms with Gasteiger partial charge in [0.05, 0.1) is 6.04 Å². The van der Waals surface area contributed by atoms with Gasteiger partial charge in [0.1, 0.15) is 19.2 Å². The average Bonchev–Trinajstić information content (AvgIpc) is 2.92. The predicted octanol–water partition coefficient (Wildman–Crippen LogP) is 4.25. The van der Waals surface area contributed by atoms with E-state index in [1.165, 1.54) is 4.90 Å². The van der Waals surface area contributed by atoms with Crippen molar-refractivity contribution < 1.29 is 24.2 Å². The number of carbonyl (C=O) groups is 3. The first-order chi connectivity index (χ1) is 18.0. The Morgan fingerprint density at radius 2 is 1.73 bits per heavy atom. The van der Waals surface area contributed by atoms with Crippen molar-refractivity contribution in [1.82, 2.24) is 10.2 Å². The number of amides is 1. The first kappa shape index (κ1) is 26.4. The highest BCUT2D eigenvalue weighted by Crippen LogP contribution is 2.32. The Balaban J connectivity index is 1.47. The Labute approximate surface area is 217 Å². The fourth-order valence-corrected chi connectivity index (χ4v) is 4.96. The molecule has 0 bridgehead atoms. The maximum atomic E-state index is 13.8. The number of benzene rings is 2. The van der Waals surface area contributed by atoms with Crippen LogP contribution in [0.2, 0.25) is 0 Å². The number of carboxylic acid groups (broad SMARTS) is 1. The van der Waals surface area contributed by atoms with Gasteiger partial charge in [0.15, 0.2) is 0 Å². The van der Waals surface area contributed by atoms with Crippen LogP contribution >= 0.6 is 0 Å². The van der Waals surface area contributed by atoms with E-state index in [-0.39, 0.29) is 25.0 Å². The maximum Gasteiger partial charge on any atom is 0.326 e. The lowest BCUT2D eigenvalue weighted by Gasteiger charge is -2.37. The molecule has 1 aliphatic carbocycles. The van der Waals surface area contributed by atoms with Crippen LogP contribution in [0.4, 0.5) is 0 Å². The van der Waals surface area contributed by atoms with E-state index < -0.39 is 24.0 Å². The second-order valence-corrected chi connectivity index (χ2v) is 9.59. The maximum absolute atomic E-state index is 13.8. The van der Waals surface area contributed by atoms with Crippen molar-refractivity contribution in [2.75, 3.05) is 6.54 Å². The van der Waals surface area contributed by atoms with Crippen molar-refractivity contribution in [2.45, 2.75) is 57.2 Å². The molecule has 7 nitrogen and oxygen atoms in total. The lowest BCUT2D eigenvalue weighted by Crippen LogP contribution is -2.54. The number of esters is 1. The number of hydrogen-bond acceptors (Lipinski definition) is 5. The fraction of sp³-hybridized carbons (Fsp3) is 0.367. The molecule has 0 radical (unpaired) electrons. The summed E-state index contributed by atoms with van der Waals surface area (Å²) in [5, 5.41) is 13.0. The van der Waals surface area contributed by atoms with E-state index in [2.05, 4.69) is 11.4 Å². The molecule has 7 heteroatoms. The first-order valence-corrected chi connectivity index (χ1v) is 12.9. The minimum absolute atomic E-state index is 0.131. The summed E-state index contributed by atoms with van der Waals surface area (Å²) in [4.78, 5) is 40.2. The highest BCUT2D eigenvalue weighted by atomic mass is 16.5. The third-order valence-electron chi connectivity index (χ3n) is 6.96. The third kappa shape index (κ3) is 7.40. The molecule has 1 saturated heterocycles. The molecule has 3 unspecified atom stereocenters. The molecular weight excluding hydrogens is 468 g/mol. The van der Waals surface area contributed by atoms with Crippen molar-refractivity contribution in [2.24, 2.45) is 5.92 Å². The van der Waals surface area contributed by atoms with E-state index in [1.54, 1.807) is 0 Å². The van der Waals surface area contributed by atoms with Crippen molar-refractivity contribution in [3.8, 4) is 0 Å². The average molecular weight is 503 g/mol. The van der Waals surface area contributed by atoms with Gasteiger partial charge in [0.2, 0.25) is 5.91 Å². The molecule has 3 atom stereocenters. The number of fused-ring (bicyclic) bond motifs is 1. The van der Waals surface area contributed by atoms with Gasteiger partial charge in [-0.05, 0) is 49.3 Å². The highest BCUT2D eigenvalue weighted by molar-refractivity contribution is 5.88. The largest absolute Gasteiger partial charge is 0.480 e. The molecule has 194 valence electrons. The van der Waals surface area contributed by atoms with E-state index in [9.17, 15) is 19.5 Å². The molecule has 0 aromatic heterocycles. The Bertz CT molecular complexity index is 1130. The molecule has 37 heavy (non-hydrogen) atoms. The lowest BCUT2D eigenvalue weighted by atomic mass is 9.87. The number of hydrogen-bond donors (Lipinski definition) is 2. The second kappa shape index (κ2) is 13.0. The normalized spacial score (nSPS) is 20.3. The quantitative estimate of drug-likeness (QED) is 0.472. The molecule has 1 fully saturated rings. The number of aryl methyl sites for hydroxylation is 1. The summed E-state index contributed by atoms with van der Waals surface area (Å²) >= 11 is 0. The number of rotatable bonds is 10. The second-order valence-electron chi connectivity index (χ2n) is 9.59. The van der Waals surface area contributed by atoms with Gasteiger partial charge in [0.25, 0.3) is 0 Å². The molecule has 2 aromatic rings. The van der Waals surface area contributed by atoms with Crippen molar-refractivity contribution >= 4 is 17.8 Å². The minimum atomic E-state index is -0.989. The molecule has 0 spiro atoms. The highest BCUT2D eigenvalue weighted by Gasteiger charge is 2.36. The molecule has 2 aromatic carbocycles. The molecule has 4 rings (SSSR count). The van der Waals surface area contributed by atoms with Crippen LogP contribution in [0.15, 0.2) is 84.6 Å². The molecular formula is C30H34N2O5. The number of carboxylic acids is 1. The Morgan fingerprint density at radius 1 is 1.03 bits per heavy atom. The minimum Gasteiger partial charge on any atom is -0.480 e. The monoisotopic (exact) mass is 502 g/mol. The number of nitrogens with zero attached hydrogens (tertiary/aromatic N) is 1. The molecule has 2 aliphatic rings. The SMILES string of the molecule is O=C(CN1C(=O)C(NC(CCc2ccccc2)C(=O)O)CCCC2CC=CC=C21)OCc1ccccc1. The van der Waals surface area contributed by atoms with Crippen LogP contribution in [-0.2, 0) is 32.1 Å². The summed E-state index contributed by atoms with van der Waals surface area (Å²) in [7, 11) is 0. The smallest absolute Gasteiger partial charge is 0.326 e. The molecule has 1 aliphatic heterocycles. The number of likely N-dealkylation sites (tertiary alicyclic amines) is 1. The van der Waals surface area contributed by atoms with Crippen LogP contribution in [0.5, 0.6) is 0 Å². The zero-order valence-electron chi connectivity index (χ0n) is 20.9. The standard InChI is InChI=1S/C30H34N2O5/c33-28(37-21-23-12-5-2-6-13-23)20-32-27-17-8-7-14-24(27)15-9-16-25(29(32)34)31-26(30(35)36)19-18-22-10-3-1-4-11-22/h1-8,10-13,17,24-26,31H,9,14-16,18-21H2,(H,35,36). The number of ether oxygens (including phenoxy) is 1. The number of carbonyl (C=O) groups excluding carboxylic acids is 2. The van der Waals surface area contributed by atoms with Crippen molar-refractivity contribution in [1.29, 1.82) is 0 Å². The van der Waals surface area contributed by atoms with Crippen LogP contribution in [0.1, 0.15) is 43.2 Å². The van der Waals surface area contributed by atoms with Gasteiger partial charge in [-0.15, -0.1) is 0 Å². The van der Waals surface area contributed by atoms with Gasteiger partial charge in [0, 0.05) is 11.6 Å². The predicted molar refractivity (Wildman–Crippen MR) is 140 cm³/mol. The molecule has 1 heterocycles. The molecule has 1 amide bonds. The van der Waals surface area contributed by atoms with Gasteiger partial charge in [-0.1, -0.05) is 79.2 Å². The topological polar surface area (TPSA) is 95.9 Å². The summed E-state index contributed by atoms with van der Waals surface area (Å²) in [5.74, 6) is -1.62. The Morgan fingerprint density at radius 3 is 2.43 bits per heavy atom.